The molecular formula is C11H14ClN3O2. The van der Waals surface area contributed by atoms with Gasteiger partial charge >= 0.3 is 6.03 Å². The summed E-state index contributed by atoms with van der Waals surface area (Å²) in [6.45, 7) is 0.869. The summed E-state index contributed by atoms with van der Waals surface area (Å²) in [4.78, 5) is 13.3. The third kappa shape index (κ3) is 2.89. The summed E-state index contributed by atoms with van der Waals surface area (Å²) in [6, 6.07) is 7.12. The van der Waals surface area contributed by atoms with E-state index in [1.807, 2.05) is 24.3 Å². The monoisotopic (exact) mass is 255 g/mol. The predicted molar refractivity (Wildman–Crippen MR) is 68.4 cm³/mol. The zero-order valence-corrected chi connectivity index (χ0v) is 9.94. The Morgan fingerprint density at radius 1 is 1.41 bits per heavy atom. The van der Waals surface area contributed by atoms with Crippen molar-refractivity contribution in [2.24, 2.45) is 5.73 Å². The van der Waals surface area contributed by atoms with Crippen molar-refractivity contribution in [1.29, 1.82) is 0 Å². The van der Waals surface area contributed by atoms with Crippen molar-refractivity contribution in [2.75, 3.05) is 18.0 Å². The fraction of sp³-hybridized carbons (Fsp3) is 0.182. The standard InChI is InChI=1S/C11H13N3O2.ClH/c12-5-6-13-11(15)14-7-8-16-10-4-2-1-3-9(10)14;/h1-4,7-8H,5-6,12H2,(H,13,15);1H. The van der Waals surface area contributed by atoms with Gasteiger partial charge in [-0.3, -0.25) is 4.90 Å². The molecule has 3 N–H and O–H groups in total. The molecule has 1 heterocycles. The van der Waals surface area contributed by atoms with Gasteiger partial charge in [0, 0.05) is 19.3 Å². The number of rotatable bonds is 2. The number of hydrogen-bond donors (Lipinski definition) is 2. The fourth-order valence-electron chi connectivity index (χ4n) is 1.44. The van der Waals surface area contributed by atoms with Crippen LogP contribution in [0.25, 0.3) is 0 Å². The Morgan fingerprint density at radius 2 is 2.18 bits per heavy atom. The third-order valence-electron chi connectivity index (χ3n) is 2.17. The second kappa shape index (κ2) is 6.12. The predicted octanol–water partition coefficient (Wildman–Crippen LogP) is 1.45. The van der Waals surface area contributed by atoms with E-state index in [2.05, 4.69) is 5.32 Å². The summed E-state index contributed by atoms with van der Waals surface area (Å²) in [6.07, 6.45) is 3.05. The minimum absolute atomic E-state index is 0. The van der Waals surface area contributed by atoms with Gasteiger partial charge in [-0.05, 0) is 12.1 Å². The molecule has 0 fully saturated rings. The molecule has 0 saturated heterocycles. The van der Waals surface area contributed by atoms with Gasteiger partial charge in [-0.1, -0.05) is 12.1 Å². The van der Waals surface area contributed by atoms with Crippen LogP contribution in [-0.2, 0) is 0 Å². The number of nitrogens with one attached hydrogen (secondary N) is 1. The van der Waals surface area contributed by atoms with Crippen molar-refractivity contribution < 1.29 is 9.53 Å². The van der Waals surface area contributed by atoms with Gasteiger partial charge in [-0.2, -0.15) is 0 Å². The van der Waals surface area contributed by atoms with Crippen molar-refractivity contribution in [3.05, 3.63) is 36.7 Å². The molecule has 2 amide bonds. The lowest BCUT2D eigenvalue weighted by atomic mass is 10.2. The number of benzene rings is 1. The van der Waals surface area contributed by atoms with Gasteiger partial charge < -0.3 is 15.8 Å². The highest BCUT2D eigenvalue weighted by Gasteiger charge is 2.19. The van der Waals surface area contributed by atoms with Crippen molar-refractivity contribution in [2.45, 2.75) is 0 Å². The SMILES string of the molecule is Cl.NCCNC(=O)N1C=COc2ccccc21. The molecule has 17 heavy (non-hydrogen) atoms. The first-order valence-corrected chi connectivity index (χ1v) is 5.02. The van der Waals surface area contributed by atoms with Gasteiger partial charge in [0.1, 0.15) is 6.26 Å². The molecule has 2 rings (SSSR count). The van der Waals surface area contributed by atoms with E-state index in [4.69, 9.17) is 10.5 Å². The number of amides is 2. The summed E-state index contributed by atoms with van der Waals surface area (Å²) in [5.41, 5.74) is 6.05. The minimum Gasteiger partial charge on any atom is -0.461 e. The van der Waals surface area contributed by atoms with E-state index in [-0.39, 0.29) is 18.4 Å². The maximum absolute atomic E-state index is 11.8. The van der Waals surface area contributed by atoms with Crippen LogP contribution in [0.3, 0.4) is 0 Å². The topological polar surface area (TPSA) is 67.6 Å². The van der Waals surface area contributed by atoms with Crippen LogP contribution < -0.4 is 20.7 Å². The Bertz CT molecular complexity index is 423. The van der Waals surface area contributed by atoms with E-state index in [9.17, 15) is 4.79 Å². The summed E-state index contributed by atoms with van der Waals surface area (Å²) in [7, 11) is 0. The van der Waals surface area contributed by atoms with Crippen LogP contribution in [0.1, 0.15) is 0 Å². The molecule has 0 radical (unpaired) electrons. The number of hydrogen-bond acceptors (Lipinski definition) is 3. The first kappa shape index (κ1) is 13.3. The number of halogens is 1. The molecule has 0 atom stereocenters. The summed E-state index contributed by atoms with van der Waals surface area (Å²) in [5, 5.41) is 2.70. The molecular weight excluding hydrogens is 242 g/mol. The third-order valence-corrected chi connectivity index (χ3v) is 2.17. The molecule has 1 aromatic carbocycles. The van der Waals surface area contributed by atoms with Gasteiger partial charge in [-0.15, -0.1) is 12.4 Å². The largest absolute Gasteiger partial charge is 0.461 e. The number of ether oxygens (including phenoxy) is 1. The number of urea groups is 1. The van der Waals surface area contributed by atoms with Crippen LogP contribution in [0.2, 0.25) is 0 Å². The van der Waals surface area contributed by atoms with Crippen molar-refractivity contribution in [1.82, 2.24) is 5.32 Å². The van der Waals surface area contributed by atoms with Crippen molar-refractivity contribution >= 4 is 24.1 Å². The average molecular weight is 256 g/mol. The lowest BCUT2D eigenvalue weighted by molar-refractivity contribution is 0.248. The lowest BCUT2D eigenvalue weighted by Crippen LogP contribution is -2.39. The Kier molecular flexibility index (Phi) is 4.81. The van der Waals surface area contributed by atoms with E-state index in [1.165, 1.54) is 11.2 Å². The molecule has 0 spiro atoms. The highest BCUT2D eigenvalue weighted by Crippen LogP contribution is 2.31. The van der Waals surface area contributed by atoms with E-state index in [0.29, 0.717) is 18.8 Å². The lowest BCUT2D eigenvalue weighted by Gasteiger charge is -2.24. The Balaban J connectivity index is 0.00000144. The van der Waals surface area contributed by atoms with Crippen molar-refractivity contribution in [3.63, 3.8) is 0 Å². The second-order valence-corrected chi connectivity index (χ2v) is 3.26. The van der Waals surface area contributed by atoms with E-state index < -0.39 is 0 Å². The van der Waals surface area contributed by atoms with Crippen LogP contribution in [0, 0.1) is 0 Å². The highest BCUT2D eigenvalue weighted by atomic mass is 35.5. The first-order valence-electron chi connectivity index (χ1n) is 5.02. The van der Waals surface area contributed by atoms with Gasteiger partial charge in [0.2, 0.25) is 0 Å². The quantitative estimate of drug-likeness (QED) is 0.841. The van der Waals surface area contributed by atoms with Crippen LogP contribution in [0.5, 0.6) is 5.75 Å². The average Bonchev–Trinajstić information content (AvgIpc) is 2.35. The Labute approximate surface area is 106 Å². The first-order chi connectivity index (χ1) is 7.83. The number of nitrogens with zero attached hydrogens (tertiary/aromatic N) is 1. The van der Waals surface area contributed by atoms with E-state index in [1.54, 1.807) is 6.20 Å². The molecule has 1 aliphatic rings. The molecule has 1 aromatic rings. The maximum atomic E-state index is 11.8. The number of carbonyl (C=O) groups is 1. The van der Waals surface area contributed by atoms with Gasteiger partial charge in [0.25, 0.3) is 0 Å². The zero-order chi connectivity index (χ0) is 11.4. The van der Waals surface area contributed by atoms with Gasteiger partial charge in [-0.25, -0.2) is 4.79 Å². The smallest absolute Gasteiger partial charge is 0.326 e. The zero-order valence-electron chi connectivity index (χ0n) is 9.13. The van der Waals surface area contributed by atoms with Crippen LogP contribution in [-0.4, -0.2) is 19.1 Å². The second-order valence-electron chi connectivity index (χ2n) is 3.26. The fourth-order valence-corrected chi connectivity index (χ4v) is 1.44. The maximum Gasteiger partial charge on any atom is 0.326 e. The highest BCUT2D eigenvalue weighted by molar-refractivity contribution is 5.95. The summed E-state index contributed by atoms with van der Waals surface area (Å²) >= 11 is 0. The van der Waals surface area contributed by atoms with E-state index >= 15 is 0 Å². The molecule has 1 aliphatic heterocycles. The number of fused-ring (bicyclic) bond motifs is 1. The Hall–Kier alpha value is -1.72. The van der Waals surface area contributed by atoms with E-state index in [0.717, 1.165) is 5.69 Å². The van der Waals surface area contributed by atoms with Crippen LogP contribution in [0.4, 0.5) is 10.5 Å². The molecule has 0 unspecified atom stereocenters. The normalized spacial score (nSPS) is 12.2. The van der Waals surface area contributed by atoms with Gasteiger partial charge in [0.05, 0.1) is 5.69 Å². The Morgan fingerprint density at radius 3 is 2.94 bits per heavy atom. The van der Waals surface area contributed by atoms with Crippen LogP contribution >= 0.6 is 12.4 Å². The number of carbonyl (C=O) groups excluding carboxylic acids is 1. The number of anilines is 1. The van der Waals surface area contributed by atoms with Crippen LogP contribution in [0.15, 0.2) is 36.7 Å². The summed E-state index contributed by atoms with van der Waals surface area (Å²) in [5.74, 6) is 0.660. The molecule has 5 nitrogen and oxygen atoms in total. The summed E-state index contributed by atoms with van der Waals surface area (Å²) < 4.78 is 5.28. The molecule has 0 bridgehead atoms. The molecule has 0 saturated carbocycles. The number of para-hydroxylation sites is 2. The molecule has 0 aromatic heterocycles. The minimum atomic E-state index is -0.211. The number of nitrogens with two attached hydrogens (primary N) is 1. The van der Waals surface area contributed by atoms with Crippen molar-refractivity contribution in [3.8, 4) is 5.75 Å². The molecule has 92 valence electrons. The van der Waals surface area contributed by atoms with Gasteiger partial charge in [0.15, 0.2) is 5.75 Å². The molecule has 0 aliphatic carbocycles. The molecule has 6 heteroatoms.